The summed E-state index contributed by atoms with van der Waals surface area (Å²) >= 11 is 0. The number of benzene rings is 1. The van der Waals surface area contributed by atoms with Crippen molar-refractivity contribution in [1.29, 1.82) is 0 Å². The molecule has 0 amide bonds. The molecular weight excluding hydrogens is 442 g/mol. The highest BCUT2D eigenvalue weighted by molar-refractivity contribution is 5.89. The van der Waals surface area contributed by atoms with Gasteiger partial charge >= 0.3 is 11.9 Å². The summed E-state index contributed by atoms with van der Waals surface area (Å²) in [6.07, 6.45) is 2.38. The predicted molar refractivity (Wildman–Crippen MR) is 126 cm³/mol. The van der Waals surface area contributed by atoms with Gasteiger partial charge in [0.25, 0.3) is 0 Å². The normalized spacial score (nSPS) is 55.3. The van der Waals surface area contributed by atoms with Crippen molar-refractivity contribution in [3.05, 3.63) is 48.0 Å². The molecule has 1 aromatic carbocycles. The molecule has 3 aliphatic heterocycles. The van der Waals surface area contributed by atoms with Crippen LogP contribution in [0.3, 0.4) is 0 Å². The standard InChI is InChI=1S/C29H33NO5/c1-14-17-9-18-23-29-21(10-17)28(18,24(14)32)11-19-22(29)27(3,13-30(19)23)12-20(25(29)34-15(2)31)35-26(33)16-7-5-4-6-8-16/h4-8,17-25,32H,1,9-13H2,2-3H3/t17-,18+,19-,20-,21+,22+,23+,24+,25+,27-,28+,29-/m0/s1. The van der Waals surface area contributed by atoms with Crippen molar-refractivity contribution in [1.82, 2.24) is 4.90 Å². The maximum Gasteiger partial charge on any atom is 0.338 e. The fourth-order valence-electron chi connectivity index (χ4n) is 11.6. The lowest BCUT2D eigenvalue weighted by molar-refractivity contribution is -0.234. The van der Waals surface area contributed by atoms with Gasteiger partial charge in [0.15, 0.2) is 0 Å². The van der Waals surface area contributed by atoms with E-state index in [0.29, 0.717) is 35.8 Å². The first kappa shape index (κ1) is 21.0. The molecule has 13 atom stereocenters. The molecule has 0 radical (unpaired) electrons. The van der Waals surface area contributed by atoms with E-state index < -0.39 is 18.3 Å². The molecule has 9 aliphatic rings. The summed E-state index contributed by atoms with van der Waals surface area (Å²) in [5, 5.41) is 11.7. The molecular formula is C29H33NO5. The SMILES string of the molecule is C=C1[C@H]2C[C@@H]3[C@H]4N5C[C@]6(C)C[C@H](OC(=O)c7ccccc7)[C@@H](OC(C)=O)[C@@]47[C@@H]6[C@@H]5C[C@]3([C@@H]1O)[C@H]7C2. The smallest absolute Gasteiger partial charge is 0.338 e. The number of nitrogens with zero attached hydrogens (tertiary/aromatic N) is 1. The van der Waals surface area contributed by atoms with E-state index >= 15 is 0 Å². The fourth-order valence-corrected chi connectivity index (χ4v) is 11.6. The zero-order chi connectivity index (χ0) is 24.1. The minimum Gasteiger partial charge on any atom is -0.458 e. The summed E-state index contributed by atoms with van der Waals surface area (Å²) in [5.74, 6) is 0.716. The molecule has 1 aromatic rings. The minimum atomic E-state index is -0.482. The third-order valence-corrected chi connectivity index (χ3v) is 11.9. The van der Waals surface area contributed by atoms with E-state index in [1.54, 1.807) is 12.1 Å². The van der Waals surface area contributed by atoms with Gasteiger partial charge in [-0.1, -0.05) is 31.7 Å². The first-order valence-corrected chi connectivity index (χ1v) is 13.3. The predicted octanol–water partition coefficient (Wildman–Crippen LogP) is 3.20. The van der Waals surface area contributed by atoms with Gasteiger partial charge in [0.1, 0.15) is 12.2 Å². The molecule has 0 aromatic heterocycles. The number of hydrogen-bond donors (Lipinski definition) is 1. The summed E-state index contributed by atoms with van der Waals surface area (Å²) in [6, 6.07) is 9.79. The molecule has 1 unspecified atom stereocenters. The number of piperidine rings is 2. The van der Waals surface area contributed by atoms with Crippen LogP contribution in [-0.2, 0) is 14.3 Å². The molecule has 6 saturated carbocycles. The average molecular weight is 476 g/mol. The monoisotopic (exact) mass is 475 g/mol. The van der Waals surface area contributed by atoms with Crippen LogP contribution in [0.15, 0.2) is 42.5 Å². The molecule has 6 aliphatic carbocycles. The Kier molecular flexibility index (Phi) is 3.71. The van der Waals surface area contributed by atoms with Crippen LogP contribution in [0.1, 0.15) is 49.9 Å². The number of carbonyl (C=O) groups is 2. The Labute approximate surface area is 205 Å². The van der Waals surface area contributed by atoms with Crippen molar-refractivity contribution in [2.24, 2.45) is 39.9 Å². The Hall–Kier alpha value is -2.18. The number of hydrogen-bond acceptors (Lipinski definition) is 6. The second-order valence-corrected chi connectivity index (χ2v) is 13.0. The molecule has 35 heavy (non-hydrogen) atoms. The number of aliphatic hydroxyl groups excluding tert-OH is 1. The summed E-state index contributed by atoms with van der Waals surface area (Å²) in [7, 11) is 0. The van der Waals surface area contributed by atoms with Crippen molar-refractivity contribution in [3.8, 4) is 0 Å². The van der Waals surface area contributed by atoms with Crippen LogP contribution in [0, 0.1) is 39.9 Å². The van der Waals surface area contributed by atoms with Gasteiger partial charge in [-0.05, 0) is 72.5 Å². The highest BCUT2D eigenvalue weighted by Crippen LogP contribution is 2.87. The van der Waals surface area contributed by atoms with Gasteiger partial charge in [-0.15, -0.1) is 0 Å². The van der Waals surface area contributed by atoms with Crippen molar-refractivity contribution in [3.63, 3.8) is 0 Å². The summed E-state index contributed by atoms with van der Waals surface area (Å²) < 4.78 is 12.5. The van der Waals surface area contributed by atoms with Crippen molar-refractivity contribution in [2.45, 2.75) is 69.9 Å². The highest BCUT2D eigenvalue weighted by Gasteiger charge is 2.91. The summed E-state index contributed by atoms with van der Waals surface area (Å²) in [5.41, 5.74) is 1.09. The lowest BCUT2D eigenvalue weighted by Gasteiger charge is -2.66. The first-order chi connectivity index (χ1) is 16.7. The molecule has 9 bridgehead atoms. The molecule has 3 heterocycles. The van der Waals surface area contributed by atoms with Crippen LogP contribution < -0.4 is 0 Å². The summed E-state index contributed by atoms with van der Waals surface area (Å²) in [6.45, 7) is 9.18. The Morgan fingerprint density at radius 2 is 1.91 bits per heavy atom. The zero-order valence-electron chi connectivity index (χ0n) is 20.4. The Morgan fingerprint density at radius 1 is 1.14 bits per heavy atom. The van der Waals surface area contributed by atoms with Crippen LogP contribution >= 0.6 is 0 Å². The topological polar surface area (TPSA) is 76.1 Å². The molecule has 6 heteroatoms. The maximum absolute atomic E-state index is 13.2. The van der Waals surface area contributed by atoms with Crippen molar-refractivity contribution >= 4 is 11.9 Å². The van der Waals surface area contributed by atoms with Gasteiger partial charge < -0.3 is 14.6 Å². The van der Waals surface area contributed by atoms with Gasteiger partial charge in [0, 0.05) is 36.4 Å². The van der Waals surface area contributed by atoms with Crippen LogP contribution in [0.25, 0.3) is 0 Å². The van der Waals surface area contributed by atoms with Crippen LogP contribution in [0.5, 0.6) is 0 Å². The lowest BCUT2D eigenvalue weighted by atomic mass is 9.39. The molecule has 6 nitrogen and oxygen atoms in total. The van der Waals surface area contributed by atoms with Gasteiger partial charge in [-0.3, -0.25) is 9.69 Å². The molecule has 3 saturated heterocycles. The third-order valence-electron chi connectivity index (χ3n) is 11.9. The van der Waals surface area contributed by atoms with Gasteiger partial charge in [-0.2, -0.15) is 0 Å². The molecule has 184 valence electrons. The van der Waals surface area contributed by atoms with Gasteiger partial charge in [0.2, 0.25) is 0 Å². The van der Waals surface area contributed by atoms with Gasteiger partial charge in [-0.25, -0.2) is 4.79 Å². The number of fused-ring (bicyclic) bond motifs is 1. The van der Waals surface area contributed by atoms with Crippen LogP contribution in [0.2, 0.25) is 0 Å². The Balaban J connectivity index is 1.29. The number of carbonyl (C=O) groups excluding carboxylic acids is 2. The molecule has 2 spiro atoms. The minimum absolute atomic E-state index is 0.000253. The molecule has 9 fully saturated rings. The lowest BCUT2D eigenvalue weighted by Crippen LogP contribution is -2.69. The number of aliphatic hydroxyl groups is 1. The molecule has 1 N–H and O–H groups in total. The number of ether oxygens (including phenoxy) is 2. The second kappa shape index (κ2) is 6.20. The third kappa shape index (κ3) is 2.07. The Morgan fingerprint density at radius 3 is 2.66 bits per heavy atom. The summed E-state index contributed by atoms with van der Waals surface area (Å²) in [4.78, 5) is 28.6. The van der Waals surface area contributed by atoms with Crippen molar-refractivity contribution < 1.29 is 24.2 Å². The van der Waals surface area contributed by atoms with E-state index in [9.17, 15) is 14.7 Å². The quantitative estimate of drug-likeness (QED) is 0.535. The first-order valence-electron chi connectivity index (χ1n) is 13.3. The molecule has 10 rings (SSSR count). The van der Waals surface area contributed by atoms with E-state index in [0.717, 1.165) is 31.4 Å². The fraction of sp³-hybridized carbons (Fsp3) is 0.655. The number of esters is 2. The van der Waals surface area contributed by atoms with Crippen LogP contribution in [0.4, 0.5) is 0 Å². The van der Waals surface area contributed by atoms with E-state index in [2.05, 4.69) is 18.4 Å². The average Bonchev–Trinajstić information content (AvgIpc) is 3.24. The van der Waals surface area contributed by atoms with E-state index in [1.165, 1.54) is 6.92 Å². The van der Waals surface area contributed by atoms with E-state index in [4.69, 9.17) is 9.47 Å². The van der Waals surface area contributed by atoms with Crippen molar-refractivity contribution in [2.75, 3.05) is 6.54 Å². The van der Waals surface area contributed by atoms with E-state index in [1.807, 2.05) is 18.2 Å². The highest BCUT2D eigenvalue weighted by atomic mass is 16.6. The second-order valence-electron chi connectivity index (χ2n) is 13.0. The van der Waals surface area contributed by atoms with Gasteiger partial charge in [0.05, 0.1) is 11.7 Å². The zero-order valence-corrected chi connectivity index (χ0v) is 20.4. The largest absolute Gasteiger partial charge is 0.458 e. The maximum atomic E-state index is 13.2. The Bertz CT molecular complexity index is 1180. The van der Waals surface area contributed by atoms with Crippen LogP contribution in [-0.4, -0.2) is 58.9 Å². The van der Waals surface area contributed by atoms with E-state index in [-0.39, 0.29) is 40.1 Å². The number of rotatable bonds is 3.